The maximum atomic E-state index is 5.27. The lowest BCUT2D eigenvalue weighted by molar-refractivity contribution is 0.211. The van der Waals surface area contributed by atoms with Gasteiger partial charge < -0.3 is 9.73 Å². The molecule has 16 heavy (non-hydrogen) atoms. The van der Waals surface area contributed by atoms with E-state index < -0.39 is 0 Å². The molecule has 0 aromatic carbocycles. The Morgan fingerprint density at radius 1 is 1.50 bits per heavy atom. The normalized spacial score (nSPS) is 16.2. The van der Waals surface area contributed by atoms with Gasteiger partial charge in [-0.3, -0.25) is 4.90 Å². The Morgan fingerprint density at radius 2 is 2.31 bits per heavy atom. The summed E-state index contributed by atoms with van der Waals surface area (Å²) in [6.07, 6.45) is 4.49. The monoisotopic (exact) mass is 222 g/mol. The highest BCUT2D eigenvalue weighted by atomic mass is 16.3. The molecule has 0 bridgehead atoms. The summed E-state index contributed by atoms with van der Waals surface area (Å²) in [5.41, 5.74) is 0. The van der Waals surface area contributed by atoms with Gasteiger partial charge in [0.05, 0.1) is 12.8 Å². The minimum atomic E-state index is 0.665. The molecule has 0 amide bonds. The summed E-state index contributed by atoms with van der Waals surface area (Å²) >= 11 is 0. The molecule has 1 N–H and O–H groups in total. The van der Waals surface area contributed by atoms with Crippen LogP contribution in [0.3, 0.4) is 0 Å². The predicted octanol–water partition coefficient (Wildman–Crippen LogP) is 2.24. The highest BCUT2D eigenvalue weighted by molar-refractivity contribution is 4.97. The maximum Gasteiger partial charge on any atom is 0.117 e. The molecular formula is C13H22N2O. The first-order chi connectivity index (χ1) is 7.77. The van der Waals surface area contributed by atoms with Gasteiger partial charge in [-0.25, -0.2) is 0 Å². The van der Waals surface area contributed by atoms with Crippen LogP contribution in [-0.4, -0.2) is 30.1 Å². The lowest BCUT2D eigenvalue weighted by atomic mass is 10.3. The second-order valence-corrected chi connectivity index (χ2v) is 4.82. The molecule has 1 aromatic rings. The summed E-state index contributed by atoms with van der Waals surface area (Å²) < 4.78 is 5.27. The number of furan rings is 1. The SMILES string of the molecule is CC(C)N(CCNCc1ccco1)C1CC1. The van der Waals surface area contributed by atoms with E-state index in [1.165, 1.54) is 12.8 Å². The van der Waals surface area contributed by atoms with Crippen LogP contribution in [0.5, 0.6) is 0 Å². The van der Waals surface area contributed by atoms with Crippen LogP contribution in [0.2, 0.25) is 0 Å². The van der Waals surface area contributed by atoms with Crippen LogP contribution in [0.15, 0.2) is 22.8 Å². The van der Waals surface area contributed by atoms with Crippen LogP contribution in [-0.2, 0) is 6.54 Å². The molecule has 0 saturated heterocycles. The molecule has 3 heteroatoms. The van der Waals surface area contributed by atoms with Crippen LogP contribution in [0.25, 0.3) is 0 Å². The quantitative estimate of drug-likeness (QED) is 0.717. The van der Waals surface area contributed by atoms with Crippen molar-refractivity contribution in [3.05, 3.63) is 24.2 Å². The van der Waals surface area contributed by atoms with Crippen molar-refractivity contribution in [2.24, 2.45) is 0 Å². The lowest BCUT2D eigenvalue weighted by Gasteiger charge is -2.26. The van der Waals surface area contributed by atoms with Crippen molar-refractivity contribution in [1.82, 2.24) is 10.2 Å². The van der Waals surface area contributed by atoms with E-state index in [-0.39, 0.29) is 0 Å². The first-order valence-electron chi connectivity index (χ1n) is 6.26. The molecule has 0 spiro atoms. The largest absolute Gasteiger partial charge is 0.468 e. The number of nitrogens with one attached hydrogen (secondary N) is 1. The highest BCUT2D eigenvalue weighted by Gasteiger charge is 2.29. The molecule has 1 aliphatic rings. The maximum absolute atomic E-state index is 5.27. The zero-order chi connectivity index (χ0) is 11.4. The fourth-order valence-electron chi connectivity index (χ4n) is 2.10. The smallest absolute Gasteiger partial charge is 0.117 e. The Labute approximate surface area is 97.8 Å². The third-order valence-electron chi connectivity index (χ3n) is 3.11. The fraction of sp³-hybridized carbons (Fsp3) is 0.692. The van der Waals surface area contributed by atoms with Gasteiger partial charge in [0.15, 0.2) is 0 Å². The predicted molar refractivity (Wildman–Crippen MR) is 65.3 cm³/mol. The van der Waals surface area contributed by atoms with Gasteiger partial charge in [-0.1, -0.05) is 0 Å². The van der Waals surface area contributed by atoms with Gasteiger partial charge >= 0.3 is 0 Å². The first kappa shape index (κ1) is 11.7. The van der Waals surface area contributed by atoms with E-state index >= 15 is 0 Å². The number of hydrogen-bond acceptors (Lipinski definition) is 3. The molecular weight excluding hydrogens is 200 g/mol. The van der Waals surface area contributed by atoms with Crippen LogP contribution < -0.4 is 5.32 Å². The average Bonchev–Trinajstić information content (AvgIpc) is 2.94. The minimum Gasteiger partial charge on any atom is -0.468 e. The van der Waals surface area contributed by atoms with E-state index in [1.807, 2.05) is 12.1 Å². The van der Waals surface area contributed by atoms with Gasteiger partial charge in [0.2, 0.25) is 0 Å². The Morgan fingerprint density at radius 3 is 2.88 bits per heavy atom. The van der Waals surface area contributed by atoms with Crippen molar-refractivity contribution in [1.29, 1.82) is 0 Å². The molecule has 1 fully saturated rings. The standard InChI is InChI=1S/C13H22N2O/c1-11(2)15(12-5-6-12)8-7-14-10-13-4-3-9-16-13/h3-4,9,11-12,14H,5-8,10H2,1-2H3. The van der Waals surface area contributed by atoms with Crippen LogP contribution in [0.4, 0.5) is 0 Å². The molecule has 2 rings (SSSR count). The second kappa shape index (κ2) is 5.51. The van der Waals surface area contributed by atoms with Gasteiger partial charge in [0, 0.05) is 25.2 Å². The van der Waals surface area contributed by atoms with Crippen LogP contribution in [0.1, 0.15) is 32.4 Å². The second-order valence-electron chi connectivity index (χ2n) is 4.82. The molecule has 1 aliphatic carbocycles. The van der Waals surface area contributed by atoms with Gasteiger partial charge in [-0.05, 0) is 38.8 Å². The number of hydrogen-bond donors (Lipinski definition) is 1. The van der Waals surface area contributed by atoms with Crippen molar-refractivity contribution >= 4 is 0 Å². The minimum absolute atomic E-state index is 0.665. The van der Waals surface area contributed by atoms with E-state index in [2.05, 4.69) is 24.1 Å². The lowest BCUT2D eigenvalue weighted by Crippen LogP contribution is -2.38. The van der Waals surface area contributed by atoms with Gasteiger partial charge in [-0.15, -0.1) is 0 Å². The molecule has 1 saturated carbocycles. The topological polar surface area (TPSA) is 28.4 Å². The van der Waals surface area contributed by atoms with E-state index in [9.17, 15) is 0 Å². The Bertz CT molecular complexity index is 289. The summed E-state index contributed by atoms with van der Waals surface area (Å²) in [6.45, 7) is 7.58. The fourth-order valence-corrected chi connectivity index (χ4v) is 2.10. The molecule has 0 atom stereocenters. The molecule has 0 aliphatic heterocycles. The Kier molecular flexibility index (Phi) is 4.02. The number of nitrogens with zero attached hydrogens (tertiary/aromatic N) is 1. The zero-order valence-electron chi connectivity index (χ0n) is 10.3. The Balaban J connectivity index is 1.63. The average molecular weight is 222 g/mol. The van der Waals surface area contributed by atoms with E-state index in [1.54, 1.807) is 6.26 Å². The number of rotatable bonds is 7. The molecule has 0 radical (unpaired) electrons. The van der Waals surface area contributed by atoms with Crippen molar-refractivity contribution in [3.63, 3.8) is 0 Å². The van der Waals surface area contributed by atoms with Gasteiger partial charge in [0.25, 0.3) is 0 Å². The summed E-state index contributed by atoms with van der Waals surface area (Å²) in [7, 11) is 0. The van der Waals surface area contributed by atoms with Crippen molar-refractivity contribution in [2.45, 2.75) is 45.3 Å². The van der Waals surface area contributed by atoms with E-state index in [0.29, 0.717) is 6.04 Å². The van der Waals surface area contributed by atoms with Gasteiger partial charge in [-0.2, -0.15) is 0 Å². The van der Waals surface area contributed by atoms with Crippen LogP contribution >= 0.6 is 0 Å². The molecule has 1 aromatic heterocycles. The summed E-state index contributed by atoms with van der Waals surface area (Å²) in [4.78, 5) is 2.59. The molecule has 1 heterocycles. The van der Waals surface area contributed by atoms with E-state index in [4.69, 9.17) is 4.42 Å². The first-order valence-corrected chi connectivity index (χ1v) is 6.26. The summed E-state index contributed by atoms with van der Waals surface area (Å²) in [6, 6.07) is 5.46. The summed E-state index contributed by atoms with van der Waals surface area (Å²) in [5, 5.41) is 3.42. The van der Waals surface area contributed by atoms with Crippen molar-refractivity contribution in [2.75, 3.05) is 13.1 Å². The summed E-state index contributed by atoms with van der Waals surface area (Å²) in [5.74, 6) is 1.02. The molecule has 90 valence electrons. The Hall–Kier alpha value is -0.800. The van der Waals surface area contributed by atoms with Gasteiger partial charge in [0.1, 0.15) is 5.76 Å². The third-order valence-corrected chi connectivity index (χ3v) is 3.11. The third kappa shape index (κ3) is 3.35. The highest BCUT2D eigenvalue weighted by Crippen LogP contribution is 2.27. The molecule has 3 nitrogen and oxygen atoms in total. The van der Waals surface area contributed by atoms with Crippen molar-refractivity contribution in [3.8, 4) is 0 Å². The van der Waals surface area contributed by atoms with Crippen LogP contribution in [0, 0.1) is 0 Å². The molecule has 0 unspecified atom stereocenters. The zero-order valence-corrected chi connectivity index (χ0v) is 10.3. The van der Waals surface area contributed by atoms with Crippen molar-refractivity contribution < 1.29 is 4.42 Å². The van der Waals surface area contributed by atoms with E-state index in [0.717, 1.165) is 31.4 Å².